The summed E-state index contributed by atoms with van der Waals surface area (Å²) in [6.45, 7) is 6.09. The zero-order valence-electron chi connectivity index (χ0n) is 13.0. The number of aliphatic hydroxyl groups excluding tert-OH is 1. The molecule has 0 aliphatic heterocycles. The average Bonchev–Trinajstić information content (AvgIpc) is 2.96. The molecule has 0 radical (unpaired) electrons. The quantitative estimate of drug-likeness (QED) is 0.807. The lowest BCUT2D eigenvalue weighted by Gasteiger charge is -2.22. The van der Waals surface area contributed by atoms with Gasteiger partial charge in [-0.05, 0) is 31.5 Å². The summed E-state index contributed by atoms with van der Waals surface area (Å²) in [5.74, 6) is 0.958. The SMILES string of the molecule is CCCN(Cc1nnc(-c2ccccc2Cl)o1)CC(O)CC. The van der Waals surface area contributed by atoms with Gasteiger partial charge in [0, 0.05) is 6.54 Å². The highest BCUT2D eigenvalue weighted by atomic mass is 35.5. The molecule has 5 nitrogen and oxygen atoms in total. The van der Waals surface area contributed by atoms with Gasteiger partial charge in [-0.1, -0.05) is 37.6 Å². The van der Waals surface area contributed by atoms with Gasteiger partial charge in [0.15, 0.2) is 0 Å². The van der Waals surface area contributed by atoms with E-state index in [0.29, 0.717) is 29.9 Å². The van der Waals surface area contributed by atoms with Gasteiger partial charge in [-0.25, -0.2) is 0 Å². The van der Waals surface area contributed by atoms with Crippen molar-refractivity contribution in [2.75, 3.05) is 13.1 Å². The van der Waals surface area contributed by atoms with Gasteiger partial charge in [0.1, 0.15) is 0 Å². The monoisotopic (exact) mass is 323 g/mol. The maximum absolute atomic E-state index is 9.83. The second kappa shape index (κ2) is 8.27. The Labute approximate surface area is 135 Å². The molecule has 0 bridgehead atoms. The minimum absolute atomic E-state index is 0.336. The first-order chi connectivity index (χ1) is 10.6. The molecule has 0 aliphatic carbocycles. The summed E-state index contributed by atoms with van der Waals surface area (Å²) >= 11 is 6.14. The number of aliphatic hydroxyl groups is 1. The Balaban J connectivity index is 2.08. The Morgan fingerprint density at radius 3 is 2.73 bits per heavy atom. The summed E-state index contributed by atoms with van der Waals surface area (Å²) in [5, 5.41) is 18.6. The molecule has 1 N–H and O–H groups in total. The molecule has 1 heterocycles. The maximum atomic E-state index is 9.83. The van der Waals surface area contributed by atoms with Crippen molar-refractivity contribution in [2.24, 2.45) is 0 Å². The number of hydrogen-bond donors (Lipinski definition) is 1. The van der Waals surface area contributed by atoms with Gasteiger partial charge in [-0.3, -0.25) is 4.90 Å². The predicted molar refractivity (Wildman–Crippen MR) is 86.6 cm³/mol. The van der Waals surface area contributed by atoms with Crippen LogP contribution in [0.3, 0.4) is 0 Å². The molecule has 0 saturated heterocycles. The van der Waals surface area contributed by atoms with Crippen LogP contribution < -0.4 is 0 Å². The fraction of sp³-hybridized carbons (Fsp3) is 0.500. The van der Waals surface area contributed by atoms with E-state index in [-0.39, 0.29) is 6.10 Å². The molecule has 0 spiro atoms. The fourth-order valence-electron chi connectivity index (χ4n) is 2.23. The van der Waals surface area contributed by atoms with E-state index in [4.69, 9.17) is 16.0 Å². The Hall–Kier alpha value is -1.43. The van der Waals surface area contributed by atoms with Gasteiger partial charge in [0.2, 0.25) is 11.8 Å². The first-order valence-electron chi connectivity index (χ1n) is 7.61. The van der Waals surface area contributed by atoms with Crippen LogP contribution in [-0.4, -0.2) is 39.4 Å². The first kappa shape index (κ1) is 16.9. The minimum atomic E-state index is -0.336. The van der Waals surface area contributed by atoms with Crippen LogP contribution in [0, 0.1) is 0 Å². The summed E-state index contributed by atoms with van der Waals surface area (Å²) in [6, 6.07) is 7.39. The van der Waals surface area contributed by atoms with Crippen LogP contribution in [0.4, 0.5) is 0 Å². The van der Waals surface area contributed by atoms with Gasteiger partial charge in [0.05, 0.1) is 23.2 Å². The number of hydrogen-bond acceptors (Lipinski definition) is 5. The van der Waals surface area contributed by atoms with Crippen LogP contribution >= 0.6 is 11.6 Å². The summed E-state index contributed by atoms with van der Waals surface area (Å²) < 4.78 is 5.71. The second-order valence-electron chi connectivity index (χ2n) is 5.28. The van der Waals surface area contributed by atoms with E-state index >= 15 is 0 Å². The van der Waals surface area contributed by atoms with Crippen LogP contribution in [0.25, 0.3) is 11.5 Å². The van der Waals surface area contributed by atoms with Crippen molar-refractivity contribution < 1.29 is 9.52 Å². The number of benzene rings is 1. The topological polar surface area (TPSA) is 62.4 Å². The molecular weight excluding hydrogens is 302 g/mol. The number of aromatic nitrogens is 2. The molecule has 1 aromatic heterocycles. The van der Waals surface area contributed by atoms with Crippen LogP contribution in [0.5, 0.6) is 0 Å². The summed E-state index contributed by atoms with van der Waals surface area (Å²) in [7, 11) is 0. The molecule has 120 valence electrons. The number of rotatable bonds is 8. The Morgan fingerprint density at radius 2 is 2.05 bits per heavy atom. The molecule has 0 amide bonds. The van der Waals surface area contributed by atoms with E-state index in [1.807, 2.05) is 25.1 Å². The lowest BCUT2D eigenvalue weighted by molar-refractivity contribution is 0.101. The molecule has 6 heteroatoms. The van der Waals surface area contributed by atoms with Crippen molar-refractivity contribution in [3.05, 3.63) is 35.2 Å². The third-order valence-electron chi connectivity index (χ3n) is 3.41. The fourth-order valence-corrected chi connectivity index (χ4v) is 2.45. The van der Waals surface area contributed by atoms with Gasteiger partial charge in [-0.15, -0.1) is 10.2 Å². The van der Waals surface area contributed by atoms with E-state index in [1.165, 1.54) is 0 Å². The standard InChI is InChI=1S/C16H22ClN3O2/c1-3-9-20(10-12(21)4-2)11-15-18-19-16(22-15)13-7-5-6-8-14(13)17/h5-8,12,21H,3-4,9-11H2,1-2H3. The largest absolute Gasteiger partial charge is 0.419 e. The third-order valence-corrected chi connectivity index (χ3v) is 3.74. The lowest BCUT2D eigenvalue weighted by Crippen LogP contribution is -2.32. The van der Waals surface area contributed by atoms with Gasteiger partial charge in [-0.2, -0.15) is 0 Å². The van der Waals surface area contributed by atoms with Crippen molar-refractivity contribution in [1.29, 1.82) is 0 Å². The number of nitrogens with zero attached hydrogens (tertiary/aromatic N) is 3. The van der Waals surface area contributed by atoms with Crippen LogP contribution in [0.1, 0.15) is 32.6 Å². The van der Waals surface area contributed by atoms with E-state index < -0.39 is 0 Å². The summed E-state index contributed by atoms with van der Waals surface area (Å²) in [5.41, 5.74) is 0.735. The van der Waals surface area contributed by atoms with Gasteiger partial charge >= 0.3 is 0 Å². The van der Waals surface area contributed by atoms with E-state index in [0.717, 1.165) is 24.9 Å². The molecule has 1 unspecified atom stereocenters. The predicted octanol–water partition coefficient (Wildman–Crippen LogP) is 3.37. The van der Waals surface area contributed by atoms with Gasteiger partial charge < -0.3 is 9.52 Å². The molecule has 22 heavy (non-hydrogen) atoms. The summed E-state index contributed by atoms with van der Waals surface area (Å²) in [6.07, 6.45) is 1.40. The first-order valence-corrected chi connectivity index (χ1v) is 7.99. The minimum Gasteiger partial charge on any atom is -0.419 e. The Bertz CT molecular complexity index is 588. The van der Waals surface area contributed by atoms with Crippen LogP contribution in [-0.2, 0) is 6.54 Å². The van der Waals surface area contributed by atoms with E-state index in [2.05, 4.69) is 22.0 Å². The van der Waals surface area contributed by atoms with Crippen molar-refractivity contribution in [2.45, 2.75) is 39.3 Å². The van der Waals surface area contributed by atoms with E-state index in [1.54, 1.807) is 6.07 Å². The maximum Gasteiger partial charge on any atom is 0.249 e. The third kappa shape index (κ3) is 4.53. The number of halogens is 1. The zero-order chi connectivity index (χ0) is 15.9. The molecule has 1 aromatic carbocycles. The van der Waals surface area contributed by atoms with Crippen LogP contribution in [0.2, 0.25) is 5.02 Å². The molecular formula is C16H22ClN3O2. The van der Waals surface area contributed by atoms with Crippen molar-refractivity contribution in [1.82, 2.24) is 15.1 Å². The van der Waals surface area contributed by atoms with E-state index in [9.17, 15) is 5.11 Å². The highest BCUT2D eigenvalue weighted by Crippen LogP contribution is 2.26. The van der Waals surface area contributed by atoms with Crippen molar-refractivity contribution in [3.8, 4) is 11.5 Å². The van der Waals surface area contributed by atoms with Crippen molar-refractivity contribution in [3.63, 3.8) is 0 Å². The molecule has 1 atom stereocenters. The normalized spacial score (nSPS) is 12.8. The molecule has 2 aromatic rings. The van der Waals surface area contributed by atoms with Gasteiger partial charge in [0.25, 0.3) is 0 Å². The zero-order valence-corrected chi connectivity index (χ0v) is 13.8. The highest BCUT2D eigenvalue weighted by molar-refractivity contribution is 6.33. The Kier molecular flexibility index (Phi) is 6.36. The molecule has 0 saturated carbocycles. The Morgan fingerprint density at radius 1 is 1.27 bits per heavy atom. The smallest absolute Gasteiger partial charge is 0.249 e. The van der Waals surface area contributed by atoms with Crippen LogP contribution in [0.15, 0.2) is 28.7 Å². The molecule has 0 fully saturated rings. The second-order valence-corrected chi connectivity index (χ2v) is 5.69. The molecule has 2 rings (SSSR count). The molecule has 0 aliphatic rings. The average molecular weight is 324 g/mol. The highest BCUT2D eigenvalue weighted by Gasteiger charge is 2.16. The van der Waals surface area contributed by atoms with Crippen molar-refractivity contribution >= 4 is 11.6 Å². The summed E-state index contributed by atoms with van der Waals surface area (Å²) in [4.78, 5) is 2.12. The lowest BCUT2D eigenvalue weighted by atomic mass is 10.2.